The number of esters is 1. The molecule has 0 aliphatic heterocycles. The Kier molecular flexibility index (Phi) is 9.05. The Labute approximate surface area is 203 Å². The van der Waals surface area contributed by atoms with Gasteiger partial charge in [0, 0.05) is 5.02 Å². The van der Waals surface area contributed by atoms with E-state index in [9.17, 15) is 9.59 Å². The van der Waals surface area contributed by atoms with Gasteiger partial charge in [0.1, 0.15) is 5.75 Å². The zero-order chi connectivity index (χ0) is 24.3. The second-order valence-corrected chi connectivity index (χ2v) is 7.55. The molecule has 0 atom stereocenters. The lowest BCUT2D eigenvalue weighted by molar-refractivity contribution is -0.123. The number of carbonyl (C=O) groups is 2. The number of amides is 1. The van der Waals surface area contributed by atoms with Crippen molar-refractivity contribution in [2.75, 3.05) is 13.2 Å². The summed E-state index contributed by atoms with van der Waals surface area (Å²) in [6, 6.07) is 18.9. The fourth-order valence-corrected chi connectivity index (χ4v) is 3.01. The summed E-state index contributed by atoms with van der Waals surface area (Å²) in [4.78, 5) is 24.4. The molecular weight excluding hydrogens is 456 g/mol. The molecule has 0 heterocycles. The molecule has 0 aromatic heterocycles. The second kappa shape index (κ2) is 12.4. The average Bonchev–Trinajstić information content (AvgIpc) is 2.85. The Hall–Kier alpha value is -3.84. The molecule has 0 aliphatic carbocycles. The first-order valence-corrected chi connectivity index (χ1v) is 11.1. The van der Waals surface area contributed by atoms with Crippen LogP contribution in [0.3, 0.4) is 0 Å². The molecule has 176 valence electrons. The number of rotatable bonds is 10. The van der Waals surface area contributed by atoms with Gasteiger partial charge in [0.05, 0.1) is 18.4 Å². The Morgan fingerprint density at radius 2 is 1.68 bits per heavy atom. The van der Waals surface area contributed by atoms with Gasteiger partial charge >= 0.3 is 5.97 Å². The van der Waals surface area contributed by atoms with Crippen molar-refractivity contribution < 1.29 is 23.8 Å². The summed E-state index contributed by atoms with van der Waals surface area (Å²) in [5, 5.41) is 4.48. The molecule has 0 bridgehead atoms. The van der Waals surface area contributed by atoms with Crippen molar-refractivity contribution in [2.24, 2.45) is 5.10 Å². The molecule has 3 aromatic rings. The van der Waals surface area contributed by atoms with Crippen LogP contribution in [0.4, 0.5) is 0 Å². The van der Waals surface area contributed by atoms with Gasteiger partial charge in [-0.25, -0.2) is 10.2 Å². The number of ether oxygens (including phenoxy) is 3. The van der Waals surface area contributed by atoms with Crippen LogP contribution < -0.4 is 19.6 Å². The number of hydrogen-bond acceptors (Lipinski definition) is 6. The van der Waals surface area contributed by atoms with Crippen LogP contribution in [0.25, 0.3) is 0 Å². The van der Waals surface area contributed by atoms with Crippen molar-refractivity contribution in [1.82, 2.24) is 5.43 Å². The van der Waals surface area contributed by atoms with E-state index in [2.05, 4.69) is 17.5 Å². The molecule has 0 spiro atoms. The lowest BCUT2D eigenvalue weighted by atomic mass is 10.2. The van der Waals surface area contributed by atoms with Gasteiger partial charge in [0.25, 0.3) is 5.91 Å². The summed E-state index contributed by atoms with van der Waals surface area (Å²) in [5.74, 6) is 0.329. The van der Waals surface area contributed by atoms with E-state index < -0.39 is 11.9 Å². The van der Waals surface area contributed by atoms with Crippen LogP contribution in [0.15, 0.2) is 71.8 Å². The normalized spacial score (nSPS) is 10.7. The Morgan fingerprint density at radius 1 is 0.941 bits per heavy atom. The lowest BCUT2D eigenvalue weighted by Crippen LogP contribution is -2.24. The highest BCUT2D eigenvalue weighted by Gasteiger charge is 2.13. The minimum Gasteiger partial charge on any atom is -0.490 e. The molecule has 0 saturated heterocycles. The summed E-state index contributed by atoms with van der Waals surface area (Å²) in [5.41, 5.74) is 4.62. The standard InChI is InChI=1S/C26H25ClN2O5/c1-3-18-5-12-22(13-6-18)33-17-25(30)29-28-16-19-7-14-23(24(15-19)32-4-2)34-26(31)20-8-10-21(27)11-9-20/h5-16H,3-4,17H2,1-2H3,(H,29,30)/b28-16+. The molecule has 0 aliphatic rings. The van der Waals surface area contributed by atoms with E-state index in [1.807, 2.05) is 31.2 Å². The predicted octanol–water partition coefficient (Wildman–Crippen LogP) is 5.05. The van der Waals surface area contributed by atoms with Gasteiger partial charge < -0.3 is 14.2 Å². The highest BCUT2D eigenvalue weighted by atomic mass is 35.5. The third-order valence-corrected chi connectivity index (χ3v) is 4.91. The first-order valence-electron chi connectivity index (χ1n) is 10.8. The quantitative estimate of drug-likeness (QED) is 0.190. The summed E-state index contributed by atoms with van der Waals surface area (Å²) in [6.45, 7) is 4.10. The molecular formula is C26H25ClN2O5. The zero-order valence-corrected chi connectivity index (χ0v) is 19.7. The van der Waals surface area contributed by atoms with Crippen molar-refractivity contribution in [3.8, 4) is 17.2 Å². The van der Waals surface area contributed by atoms with E-state index in [4.69, 9.17) is 25.8 Å². The van der Waals surface area contributed by atoms with Crippen LogP contribution in [0.2, 0.25) is 5.02 Å². The minimum absolute atomic E-state index is 0.160. The number of hydrazone groups is 1. The fraction of sp³-hybridized carbons (Fsp3) is 0.192. The molecule has 3 aromatic carbocycles. The lowest BCUT2D eigenvalue weighted by Gasteiger charge is -2.11. The van der Waals surface area contributed by atoms with Gasteiger partial charge in [-0.2, -0.15) is 5.10 Å². The number of carbonyl (C=O) groups excluding carboxylic acids is 2. The van der Waals surface area contributed by atoms with Gasteiger partial charge in [-0.3, -0.25) is 4.79 Å². The van der Waals surface area contributed by atoms with E-state index >= 15 is 0 Å². The van der Waals surface area contributed by atoms with Crippen molar-refractivity contribution in [1.29, 1.82) is 0 Å². The topological polar surface area (TPSA) is 86.2 Å². The molecule has 0 fully saturated rings. The van der Waals surface area contributed by atoms with E-state index in [1.165, 1.54) is 11.8 Å². The van der Waals surface area contributed by atoms with Gasteiger partial charge in [0.2, 0.25) is 0 Å². The highest BCUT2D eigenvalue weighted by Crippen LogP contribution is 2.29. The maximum atomic E-state index is 12.4. The number of aryl methyl sites for hydroxylation is 1. The maximum Gasteiger partial charge on any atom is 0.343 e. The van der Waals surface area contributed by atoms with Crippen molar-refractivity contribution in [2.45, 2.75) is 20.3 Å². The molecule has 0 saturated carbocycles. The first-order chi connectivity index (χ1) is 16.5. The van der Waals surface area contributed by atoms with Crippen LogP contribution in [0.1, 0.15) is 35.3 Å². The maximum absolute atomic E-state index is 12.4. The first kappa shape index (κ1) is 24.8. The zero-order valence-electron chi connectivity index (χ0n) is 18.9. The Morgan fingerprint density at radius 3 is 2.35 bits per heavy atom. The highest BCUT2D eigenvalue weighted by molar-refractivity contribution is 6.30. The van der Waals surface area contributed by atoms with Crippen molar-refractivity contribution >= 4 is 29.7 Å². The van der Waals surface area contributed by atoms with Gasteiger partial charge in [-0.1, -0.05) is 30.7 Å². The Balaban J connectivity index is 1.57. The molecule has 34 heavy (non-hydrogen) atoms. The number of hydrogen-bond donors (Lipinski definition) is 1. The third kappa shape index (κ3) is 7.35. The molecule has 3 rings (SSSR count). The van der Waals surface area contributed by atoms with Crippen LogP contribution in [0.5, 0.6) is 17.2 Å². The molecule has 1 amide bonds. The molecule has 8 heteroatoms. The van der Waals surface area contributed by atoms with E-state index in [0.29, 0.717) is 34.3 Å². The predicted molar refractivity (Wildman–Crippen MR) is 131 cm³/mol. The Bertz CT molecular complexity index is 1140. The van der Waals surface area contributed by atoms with Crippen LogP contribution in [0, 0.1) is 0 Å². The van der Waals surface area contributed by atoms with E-state index in [-0.39, 0.29) is 12.4 Å². The van der Waals surface area contributed by atoms with Crippen molar-refractivity contribution in [3.63, 3.8) is 0 Å². The number of nitrogens with one attached hydrogen (secondary N) is 1. The minimum atomic E-state index is -0.532. The van der Waals surface area contributed by atoms with Gasteiger partial charge in [-0.15, -0.1) is 0 Å². The number of halogens is 1. The van der Waals surface area contributed by atoms with Crippen molar-refractivity contribution in [3.05, 3.63) is 88.4 Å². The summed E-state index contributed by atoms with van der Waals surface area (Å²) >= 11 is 5.86. The fourth-order valence-electron chi connectivity index (χ4n) is 2.88. The second-order valence-electron chi connectivity index (χ2n) is 7.11. The third-order valence-electron chi connectivity index (χ3n) is 4.65. The molecule has 0 unspecified atom stereocenters. The van der Waals surface area contributed by atoms with E-state index in [1.54, 1.807) is 42.5 Å². The average molecular weight is 481 g/mol. The number of benzene rings is 3. The summed E-state index contributed by atoms with van der Waals surface area (Å²) in [7, 11) is 0. The summed E-state index contributed by atoms with van der Waals surface area (Å²) in [6.07, 6.45) is 2.40. The molecule has 1 N–H and O–H groups in total. The molecule has 7 nitrogen and oxygen atoms in total. The number of nitrogens with zero attached hydrogens (tertiary/aromatic N) is 1. The van der Waals surface area contributed by atoms with Gasteiger partial charge in [0.15, 0.2) is 18.1 Å². The SMILES string of the molecule is CCOc1cc(/C=N/NC(=O)COc2ccc(CC)cc2)ccc1OC(=O)c1ccc(Cl)cc1. The summed E-state index contributed by atoms with van der Waals surface area (Å²) < 4.78 is 16.5. The monoisotopic (exact) mass is 480 g/mol. The smallest absolute Gasteiger partial charge is 0.343 e. The van der Waals surface area contributed by atoms with E-state index in [0.717, 1.165) is 6.42 Å². The molecule has 0 radical (unpaired) electrons. The van der Waals surface area contributed by atoms with Crippen LogP contribution >= 0.6 is 11.6 Å². The van der Waals surface area contributed by atoms with Gasteiger partial charge in [-0.05, 0) is 79.1 Å². The van der Waals surface area contributed by atoms with Crippen LogP contribution in [-0.2, 0) is 11.2 Å². The largest absolute Gasteiger partial charge is 0.490 e. The van der Waals surface area contributed by atoms with Crippen LogP contribution in [-0.4, -0.2) is 31.3 Å².